The van der Waals surface area contributed by atoms with E-state index in [-0.39, 0.29) is 17.9 Å². The number of amides is 2. The molecule has 2 aromatic rings. The zero-order valence-corrected chi connectivity index (χ0v) is 20.4. The molecule has 2 atom stereocenters. The van der Waals surface area contributed by atoms with E-state index in [1.165, 1.54) is 0 Å². The number of nitrogens with one attached hydrogen (secondary N) is 2. The van der Waals surface area contributed by atoms with Gasteiger partial charge in [-0.25, -0.2) is 4.98 Å². The molecule has 2 aliphatic heterocycles. The van der Waals surface area contributed by atoms with Crippen molar-refractivity contribution >= 4 is 40.8 Å². The van der Waals surface area contributed by atoms with Gasteiger partial charge in [-0.3, -0.25) is 9.59 Å². The topological polar surface area (TPSA) is 74.3 Å². The smallest absolute Gasteiger partial charge is 0.253 e. The van der Waals surface area contributed by atoms with Gasteiger partial charge in [-0.1, -0.05) is 29.3 Å². The van der Waals surface area contributed by atoms with Gasteiger partial charge in [0, 0.05) is 40.4 Å². The highest BCUT2D eigenvalue weighted by atomic mass is 35.5. The second kappa shape index (κ2) is 8.42. The lowest BCUT2D eigenvalue weighted by molar-refractivity contribution is -0.124. The molecule has 1 aromatic carbocycles. The van der Waals surface area contributed by atoms with E-state index < -0.39 is 5.41 Å². The number of hydrogen-bond donors (Lipinski definition) is 2. The molecular formula is C26H28Cl2N4O2. The third-order valence-corrected chi connectivity index (χ3v) is 8.43. The fourth-order valence-electron chi connectivity index (χ4n) is 5.78. The Labute approximate surface area is 209 Å². The molecule has 6 rings (SSSR count). The largest absolute Gasteiger partial charge is 0.352 e. The Bertz CT molecular complexity index is 1120. The standard InChI is InChI=1S/C26H28Cl2N4O2/c27-16-2-7-21(22(28)11-16)26(9-10-26)25(34)31-18-12-19-5-6-20(13-18)32(19)23-8-1-15(14-29-23)24(33)30-17-3-4-17/h1-2,7-8,11,14,17-20H,3-6,9-10,12-13H2,(H,30,33)(H,31,34). The number of anilines is 1. The number of fused-ring (bicyclic) bond motifs is 2. The van der Waals surface area contributed by atoms with E-state index in [1.54, 1.807) is 12.3 Å². The Kier molecular flexibility index (Phi) is 5.49. The molecule has 2 bridgehead atoms. The molecule has 3 heterocycles. The number of benzene rings is 1. The summed E-state index contributed by atoms with van der Waals surface area (Å²) in [6.07, 6.45) is 9.45. The third kappa shape index (κ3) is 4.05. The van der Waals surface area contributed by atoms with Gasteiger partial charge in [0.1, 0.15) is 5.82 Å². The molecule has 6 nitrogen and oxygen atoms in total. The van der Waals surface area contributed by atoms with Gasteiger partial charge in [-0.2, -0.15) is 0 Å². The van der Waals surface area contributed by atoms with E-state index in [1.807, 2.05) is 24.3 Å². The Morgan fingerprint density at radius 3 is 2.26 bits per heavy atom. The van der Waals surface area contributed by atoms with Gasteiger partial charge in [0.25, 0.3) is 5.91 Å². The normalized spacial score (nSPS) is 26.8. The molecule has 4 aliphatic rings. The second-order valence-corrected chi connectivity index (χ2v) is 11.1. The Hall–Kier alpha value is -2.31. The maximum atomic E-state index is 13.3. The summed E-state index contributed by atoms with van der Waals surface area (Å²) in [6.45, 7) is 0. The fourth-order valence-corrected chi connectivity index (χ4v) is 6.37. The Morgan fingerprint density at radius 1 is 0.941 bits per heavy atom. The van der Waals surface area contributed by atoms with Crippen LogP contribution in [0.3, 0.4) is 0 Å². The van der Waals surface area contributed by atoms with E-state index in [9.17, 15) is 9.59 Å². The fraction of sp³-hybridized carbons (Fsp3) is 0.500. The van der Waals surface area contributed by atoms with Crippen LogP contribution in [0.4, 0.5) is 5.82 Å². The summed E-state index contributed by atoms with van der Waals surface area (Å²) in [6, 6.07) is 10.4. The van der Waals surface area contributed by atoms with E-state index in [2.05, 4.69) is 20.5 Å². The minimum Gasteiger partial charge on any atom is -0.352 e. The highest BCUT2D eigenvalue weighted by Crippen LogP contribution is 2.51. The first kappa shape index (κ1) is 22.2. The first-order valence-electron chi connectivity index (χ1n) is 12.2. The molecule has 2 N–H and O–H groups in total. The molecule has 0 spiro atoms. The number of carbonyl (C=O) groups excluding carboxylic acids is 2. The molecule has 0 radical (unpaired) electrons. The van der Waals surface area contributed by atoms with Crippen LogP contribution in [0, 0.1) is 0 Å². The van der Waals surface area contributed by atoms with Crippen molar-refractivity contribution in [1.82, 2.24) is 15.6 Å². The van der Waals surface area contributed by atoms with Gasteiger partial charge in [0.2, 0.25) is 5.91 Å². The average molecular weight is 499 g/mol. The molecule has 178 valence electrons. The number of carbonyl (C=O) groups is 2. The molecule has 4 fully saturated rings. The molecule has 2 saturated carbocycles. The molecule has 2 aliphatic carbocycles. The van der Waals surface area contributed by atoms with Crippen molar-refractivity contribution in [2.75, 3.05) is 4.90 Å². The summed E-state index contributed by atoms with van der Waals surface area (Å²) in [7, 11) is 0. The van der Waals surface area contributed by atoms with Gasteiger partial charge in [0.15, 0.2) is 0 Å². The van der Waals surface area contributed by atoms with Gasteiger partial charge in [0.05, 0.1) is 11.0 Å². The van der Waals surface area contributed by atoms with E-state index >= 15 is 0 Å². The summed E-state index contributed by atoms with van der Waals surface area (Å²) >= 11 is 12.5. The summed E-state index contributed by atoms with van der Waals surface area (Å²) < 4.78 is 0. The molecule has 2 amide bonds. The van der Waals surface area contributed by atoms with Crippen LogP contribution < -0.4 is 15.5 Å². The lowest BCUT2D eigenvalue weighted by Gasteiger charge is -2.40. The predicted octanol–water partition coefficient (Wildman–Crippen LogP) is 4.63. The van der Waals surface area contributed by atoms with Crippen LogP contribution in [-0.4, -0.2) is 41.0 Å². The first-order valence-corrected chi connectivity index (χ1v) is 13.0. The van der Waals surface area contributed by atoms with Crippen LogP contribution in [0.15, 0.2) is 36.5 Å². The number of rotatable bonds is 6. The Balaban J connectivity index is 1.11. The van der Waals surface area contributed by atoms with Crippen molar-refractivity contribution < 1.29 is 9.59 Å². The monoisotopic (exact) mass is 498 g/mol. The van der Waals surface area contributed by atoms with E-state index in [0.29, 0.717) is 33.7 Å². The van der Waals surface area contributed by atoms with Crippen LogP contribution >= 0.6 is 23.2 Å². The van der Waals surface area contributed by atoms with Crippen molar-refractivity contribution in [3.05, 3.63) is 57.7 Å². The van der Waals surface area contributed by atoms with E-state index in [4.69, 9.17) is 23.2 Å². The van der Waals surface area contributed by atoms with Crippen LogP contribution in [-0.2, 0) is 10.2 Å². The predicted molar refractivity (Wildman–Crippen MR) is 133 cm³/mol. The molecule has 34 heavy (non-hydrogen) atoms. The molecular weight excluding hydrogens is 471 g/mol. The SMILES string of the molecule is O=C(NC1CC1)c1ccc(N2C3CCC2CC(NC(=O)C2(c4ccc(Cl)cc4Cl)CC2)C3)nc1. The first-order chi connectivity index (χ1) is 16.4. The van der Waals surface area contributed by atoms with Crippen molar-refractivity contribution in [3.63, 3.8) is 0 Å². The van der Waals surface area contributed by atoms with Crippen molar-refractivity contribution in [2.45, 2.75) is 80.9 Å². The zero-order chi connectivity index (χ0) is 23.4. The maximum Gasteiger partial charge on any atom is 0.253 e. The van der Waals surface area contributed by atoms with Crippen LogP contribution in [0.5, 0.6) is 0 Å². The summed E-state index contributed by atoms with van der Waals surface area (Å²) in [5.41, 5.74) is 0.975. The summed E-state index contributed by atoms with van der Waals surface area (Å²) in [4.78, 5) is 32.6. The lowest BCUT2D eigenvalue weighted by atomic mass is 9.92. The maximum absolute atomic E-state index is 13.3. The van der Waals surface area contributed by atoms with Crippen LogP contribution in [0.2, 0.25) is 10.0 Å². The number of aromatic nitrogens is 1. The van der Waals surface area contributed by atoms with Gasteiger partial charge in [-0.15, -0.1) is 0 Å². The number of nitrogens with zero attached hydrogens (tertiary/aromatic N) is 2. The molecule has 2 unspecified atom stereocenters. The minimum absolute atomic E-state index is 0.0410. The quantitative estimate of drug-likeness (QED) is 0.608. The lowest BCUT2D eigenvalue weighted by Crippen LogP contribution is -2.52. The van der Waals surface area contributed by atoms with Gasteiger partial charge >= 0.3 is 0 Å². The number of piperidine rings is 1. The summed E-state index contributed by atoms with van der Waals surface area (Å²) in [5, 5.41) is 7.51. The highest BCUT2D eigenvalue weighted by molar-refractivity contribution is 6.35. The van der Waals surface area contributed by atoms with Crippen LogP contribution in [0.1, 0.15) is 67.3 Å². The number of hydrogen-bond acceptors (Lipinski definition) is 4. The zero-order valence-electron chi connectivity index (χ0n) is 18.9. The molecule has 2 saturated heterocycles. The van der Waals surface area contributed by atoms with Gasteiger partial charge in [-0.05, 0) is 81.2 Å². The third-order valence-electron chi connectivity index (χ3n) is 7.89. The van der Waals surface area contributed by atoms with Crippen molar-refractivity contribution in [3.8, 4) is 0 Å². The minimum atomic E-state index is -0.518. The Morgan fingerprint density at radius 2 is 1.68 bits per heavy atom. The second-order valence-electron chi connectivity index (χ2n) is 10.3. The molecule has 1 aromatic heterocycles. The van der Waals surface area contributed by atoms with Gasteiger partial charge < -0.3 is 15.5 Å². The molecule has 8 heteroatoms. The summed E-state index contributed by atoms with van der Waals surface area (Å²) in [5.74, 6) is 0.964. The number of halogens is 2. The average Bonchev–Trinajstić information content (AvgIpc) is 3.73. The van der Waals surface area contributed by atoms with Crippen molar-refractivity contribution in [2.24, 2.45) is 0 Å². The van der Waals surface area contributed by atoms with Crippen LogP contribution in [0.25, 0.3) is 0 Å². The van der Waals surface area contributed by atoms with E-state index in [0.717, 1.165) is 62.7 Å². The number of pyridine rings is 1. The van der Waals surface area contributed by atoms with Crippen molar-refractivity contribution in [1.29, 1.82) is 0 Å². The highest BCUT2D eigenvalue weighted by Gasteiger charge is 2.53.